The predicted octanol–water partition coefficient (Wildman–Crippen LogP) is 5.64. The second-order valence-electron chi connectivity index (χ2n) is 6.58. The molecule has 0 aliphatic carbocycles. The molecule has 2 aromatic carbocycles. The third kappa shape index (κ3) is 4.61. The van der Waals surface area contributed by atoms with E-state index < -0.39 is 0 Å². The first-order valence-corrected chi connectivity index (χ1v) is 11.3. The standard InChI is InChI=1S/C22H23IN2O3S/c1-5-25-21(27)18(12-15-10-16(23)20(26)17(11-15)28-6-2)29-22(25)24-19-13(3)8-7-9-14(19)4/h7-12,26H,5-6H2,1-4H3/b18-12+,24-22?. The number of ether oxygens (including phenoxy) is 1. The fourth-order valence-corrected chi connectivity index (χ4v) is 4.72. The first kappa shape index (κ1) is 21.7. The summed E-state index contributed by atoms with van der Waals surface area (Å²) >= 11 is 3.43. The lowest BCUT2D eigenvalue weighted by atomic mass is 10.1. The molecule has 0 aromatic heterocycles. The molecule has 2 aromatic rings. The highest BCUT2D eigenvalue weighted by Crippen LogP contribution is 2.38. The van der Waals surface area contributed by atoms with E-state index in [-0.39, 0.29) is 11.7 Å². The number of hydrogen-bond donors (Lipinski definition) is 1. The lowest BCUT2D eigenvalue weighted by molar-refractivity contribution is -0.122. The van der Waals surface area contributed by atoms with Crippen molar-refractivity contribution < 1.29 is 14.6 Å². The number of para-hydroxylation sites is 1. The van der Waals surface area contributed by atoms with Gasteiger partial charge in [0.05, 0.1) is 20.8 Å². The average Bonchev–Trinajstić information content (AvgIpc) is 2.97. The Morgan fingerprint density at radius 3 is 2.55 bits per heavy atom. The molecular formula is C22H23IN2O3S. The van der Waals surface area contributed by atoms with Crippen LogP contribution in [0.2, 0.25) is 0 Å². The second kappa shape index (κ2) is 9.21. The van der Waals surface area contributed by atoms with Gasteiger partial charge in [-0.25, -0.2) is 4.99 Å². The molecule has 0 spiro atoms. The quantitative estimate of drug-likeness (QED) is 0.408. The van der Waals surface area contributed by atoms with E-state index in [0.29, 0.717) is 32.5 Å². The van der Waals surface area contributed by atoms with Crippen molar-refractivity contribution in [3.63, 3.8) is 0 Å². The molecule has 0 unspecified atom stereocenters. The van der Waals surface area contributed by atoms with Gasteiger partial charge in [0.15, 0.2) is 16.7 Å². The molecule has 0 bridgehead atoms. The van der Waals surface area contributed by atoms with Crippen molar-refractivity contribution in [2.75, 3.05) is 13.2 Å². The Hall–Kier alpha value is -2.00. The van der Waals surface area contributed by atoms with E-state index >= 15 is 0 Å². The molecule has 1 aliphatic heterocycles. The third-order valence-electron chi connectivity index (χ3n) is 4.50. The van der Waals surface area contributed by atoms with Gasteiger partial charge >= 0.3 is 0 Å². The van der Waals surface area contributed by atoms with E-state index in [2.05, 4.69) is 22.6 Å². The van der Waals surface area contributed by atoms with Gasteiger partial charge < -0.3 is 9.84 Å². The Balaban J connectivity index is 2.00. The van der Waals surface area contributed by atoms with Crippen LogP contribution < -0.4 is 4.74 Å². The Labute approximate surface area is 189 Å². The smallest absolute Gasteiger partial charge is 0.266 e. The fourth-order valence-electron chi connectivity index (χ4n) is 3.04. The number of halogens is 1. The van der Waals surface area contributed by atoms with Crippen LogP contribution in [0.1, 0.15) is 30.5 Å². The molecule has 1 aliphatic rings. The molecule has 1 saturated heterocycles. The van der Waals surface area contributed by atoms with Crippen LogP contribution in [0.25, 0.3) is 6.08 Å². The zero-order chi connectivity index (χ0) is 21.1. The molecule has 5 nitrogen and oxygen atoms in total. The van der Waals surface area contributed by atoms with Crippen LogP contribution in [-0.4, -0.2) is 34.2 Å². The van der Waals surface area contributed by atoms with Crippen LogP contribution in [0.3, 0.4) is 0 Å². The van der Waals surface area contributed by atoms with Crippen LogP contribution >= 0.6 is 34.4 Å². The van der Waals surface area contributed by atoms with Crippen LogP contribution in [-0.2, 0) is 4.79 Å². The summed E-state index contributed by atoms with van der Waals surface area (Å²) in [6.45, 7) is 8.85. The number of carbonyl (C=O) groups is 1. The van der Waals surface area contributed by atoms with Crippen molar-refractivity contribution in [3.8, 4) is 11.5 Å². The van der Waals surface area contributed by atoms with Gasteiger partial charge in [-0.15, -0.1) is 0 Å². The monoisotopic (exact) mass is 522 g/mol. The van der Waals surface area contributed by atoms with Crippen LogP contribution in [0.15, 0.2) is 40.2 Å². The second-order valence-corrected chi connectivity index (χ2v) is 8.75. The minimum absolute atomic E-state index is 0.0662. The van der Waals surface area contributed by atoms with Gasteiger partial charge in [0, 0.05) is 6.54 Å². The number of phenolic OH excluding ortho intramolecular Hbond substituents is 1. The number of amides is 1. The number of amidine groups is 1. The third-order valence-corrected chi connectivity index (χ3v) is 6.33. The highest BCUT2D eigenvalue weighted by Gasteiger charge is 2.32. The largest absolute Gasteiger partial charge is 0.504 e. The Bertz CT molecular complexity index is 997. The summed E-state index contributed by atoms with van der Waals surface area (Å²) in [7, 11) is 0. The molecule has 0 saturated carbocycles. The molecule has 1 N–H and O–H groups in total. The maximum Gasteiger partial charge on any atom is 0.266 e. The van der Waals surface area contributed by atoms with Crippen molar-refractivity contribution in [2.24, 2.45) is 4.99 Å². The number of aliphatic imine (C=N–C) groups is 1. The summed E-state index contributed by atoms with van der Waals surface area (Å²) in [5, 5.41) is 10.8. The maximum atomic E-state index is 12.9. The Morgan fingerprint density at radius 2 is 1.93 bits per heavy atom. The molecular weight excluding hydrogens is 499 g/mol. The highest BCUT2D eigenvalue weighted by atomic mass is 127. The van der Waals surface area contributed by atoms with Gasteiger partial charge in [0.25, 0.3) is 5.91 Å². The lowest BCUT2D eigenvalue weighted by Gasteiger charge is -2.13. The molecule has 1 amide bonds. The summed E-state index contributed by atoms with van der Waals surface area (Å²) in [4.78, 5) is 20.0. The van der Waals surface area contributed by atoms with E-state index in [1.807, 2.05) is 58.0 Å². The fraction of sp³-hybridized carbons (Fsp3) is 0.273. The normalized spacial score (nSPS) is 16.9. The zero-order valence-corrected chi connectivity index (χ0v) is 19.8. The Morgan fingerprint density at radius 1 is 1.24 bits per heavy atom. The number of nitrogens with zero attached hydrogens (tertiary/aromatic N) is 2. The number of aryl methyl sites for hydroxylation is 2. The van der Waals surface area contributed by atoms with Crippen molar-refractivity contribution >= 4 is 57.2 Å². The molecule has 152 valence electrons. The topological polar surface area (TPSA) is 62.1 Å². The number of aromatic hydroxyl groups is 1. The molecule has 7 heteroatoms. The molecule has 29 heavy (non-hydrogen) atoms. The number of benzene rings is 2. The van der Waals surface area contributed by atoms with Gasteiger partial charge in [-0.05, 0) is 96.9 Å². The van der Waals surface area contributed by atoms with Gasteiger partial charge in [0.1, 0.15) is 0 Å². The van der Waals surface area contributed by atoms with Crippen molar-refractivity contribution in [3.05, 3.63) is 55.5 Å². The van der Waals surface area contributed by atoms with E-state index in [9.17, 15) is 9.90 Å². The number of rotatable bonds is 5. The molecule has 0 atom stereocenters. The Kier molecular flexibility index (Phi) is 6.89. The summed E-state index contributed by atoms with van der Waals surface area (Å²) in [5.74, 6) is 0.467. The number of thioether (sulfide) groups is 1. The van der Waals surface area contributed by atoms with E-state index in [4.69, 9.17) is 9.73 Å². The van der Waals surface area contributed by atoms with Crippen LogP contribution in [0.4, 0.5) is 5.69 Å². The summed E-state index contributed by atoms with van der Waals surface area (Å²) in [6, 6.07) is 9.63. The summed E-state index contributed by atoms with van der Waals surface area (Å²) in [6.07, 6.45) is 1.83. The molecule has 0 radical (unpaired) electrons. The molecule has 1 heterocycles. The van der Waals surface area contributed by atoms with E-state index in [1.54, 1.807) is 11.0 Å². The van der Waals surface area contributed by atoms with Crippen molar-refractivity contribution in [2.45, 2.75) is 27.7 Å². The van der Waals surface area contributed by atoms with Crippen LogP contribution in [0.5, 0.6) is 11.5 Å². The minimum Gasteiger partial charge on any atom is -0.504 e. The van der Waals surface area contributed by atoms with Gasteiger partial charge in [-0.3, -0.25) is 9.69 Å². The van der Waals surface area contributed by atoms with Crippen molar-refractivity contribution in [1.82, 2.24) is 4.90 Å². The molecule has 1 fully saturated rings. The van der Waals surface area contributed by atoms with Gasteiger partial charge in [0.2, 0.25) is 0 Å². The first-order chi connectivity index (χ1) is 13.8. The average molecular weight is 522 g/mol. The number of hydrogen-bond acceptors (Lipinski definition) is 5. The molecule has 3 rings (SSSR count). The number of carbonyl (C=O) groups excluding carboxylic acids is 1. The van der Waals surface area contributed by atoms with Gasteiger partial charge in [-0.1, -0.05) is 18.2 Å². The van der Waals surface area contributed by atoms with Gasteiger partial charge in [-0.2, -0.15) is 0 Å². The summed E-state index contributed by atoms with van der Waals surface area (Å²) < 4.78 is 6.18. The maximum absolute atomic E-state index is 12.9. The minimum atomic E-state index is -0.0662. The number of likely N-dealkylation sites (N-methyl/N-ethyl adjacent to an activating group) is 1. The summed E-state index contributed by atoms with van der Waals surface area (Å²) in [5.41, 5.74) is 3.86. The SMILES string of the molecule is CCOc1cc(/C=C2/SC(=Nc3c(C)cccc3C)N(CC)C2=O)cc(I)c1O. The van der Waals surface area contributed by atoms with E-state index in [1.165, 1.54) is 11.8 Å². The van der Waals surface area contributed by atoms with Crippen LogP contribution in [0, 0.1) is 17.4 Å². The lowest BCUT2D eigenvalue weighted by Crippen LogP contribution is -2.28. The number of phenols is 1. The predicted molar refractivity (Wildman–Crippen MR) is 128 cm³/mol. The van der Waals surface area contributed by atoms with Crippen molar-refractivity contribution in [1.29, 1.82) is 0 Å². The van der Waals surface area contributed by atoms with E-state index in [0.717, 1.165) is 22.4 Å². The zero-order valence-electron chi connectivity index (χ0n) is 16.8. The highest BCUT2D eigenvalue weighted by molar-refractivity contribution is 14.1. The first-order valence-electron chi connectivity index (χ1n) is 9.37.